The number of halogens is 3. The summed E-state index contributed by atoms with van der Waals surface area (Å²) < 4.78 is 0.243. The third-order valence-corrected chi connectivity index (χ3v) is 1.62. The first-order chi connectivity index (χ1) is 5.18. The predicted molar refractivity (Wildman–Crippen MR) is 51.1 cm³/mol. The summed E-state index contributed by atoms with van der Waals surface area (Å²) >= 11 is 16.6. The lowest BCUT2D eigenvalue weighted by Crippen LogP contribution is -1.69. The minimum atomic E-state index is 0.243. The van der Waals surface area contributed by atoms with Gasteiger partial charge in [-0.05, 0) is 23.8 Å². The molecule has 11 heavy (non-hydrogen) atoms. The van der Waals surface area contributed by atoms with Gasteiger partial charge >= 0.3 is 0 Å². The van der Waals surface area contributed by atoms with Crippen molar-refractivity contribution in [3.05, 3.63) is 39.3 Å². The normalized spacial score (nSPS) is 9.36. The molecule has 0 spiro atoms. The molecule has 0 aliphatic carbocycles. The van der Waals surface area contributed by atoms with Gasteiger partial charge in [-0.2, -0.15) is 0 Å². The molecule has 0 fully saturated rings. The fourth-order valence-electron chi connectivity index (χ4n) is 0.685. The molecule has 0 N–H and O–H groups in total. The Morgan fingerprint density at radius 2 is 1.64 bits per heavy atom. The van der Waals surface area contributed by atoms with E-state index in [9.17, 15) is 0 Å². The molecule has 1 aromatic carbocycles. The third kappa shape index (κ3) is 3.15. The molecule has 0 aliphatic heterocycles. The van der Waals surface area contributed by atoms with Crippen LogP contribution in [0.1, 0.15) is 5.56 Å². The largest absolute Gasteiger partial charge is 0.107 e. The maximum absolute atomic E-state index is 5.66. The Labute approximate surface area is 80.4 Å². The van der Waals surface area contributed by atoms with Crippen molar-refractivity contribution >= 4 is 40.9 Å². The zero-order valence-electron chi connectivity index (χ0n) is 5.52. The molecule has 0 aliphatic rings. The molecule has 0 radical (unpaired) electrons. The van der Waals surface area contributed by atoms with Crippen LogP contribution in [0.4, 0.5) is 0 Å². The molecule has 3 heteroatoms. The first kappa shape index (κ1) is 8.92. The van der Waals surface area contributed by atoms with Gasteiger partial charge in [0.05, 0.1) is 0 Å². The van der Waals surface area contributed by atoms with Gasteiger partial charge in [0, 0.05) is 5.02 Å². The van der Waals surface area contributed by atoms with Crippen LogP contribution in [0.5, 0.6) is 0 Å². The van der Waals surface area contributed by atoms with Crippen molar-refractivity contribution in [3.63, 3.8) is 0 Å². The van der Waals surface area contributed by atoms with Crippen LogP contribution >= 0.6 is 34.8 Å². The quantitative estimate of drug-likeness (QED) is 0.650. The summed E-state index contributed by atoms with van der Waals surface area (Å²) in [6.07, 6.45) is 1.65. The Hall–Kier alpha value is -0.170. The maximum atomic E-state index is 5.66. The molecule has 0 nitrogen and oxygen atoms in total. The van der Waals surface area contributed by atoms with Crippen molar-refractivity contribution in [2.45, 2.75) is 0 Å². The molecule has 58 valence electrons. The fraction of sp³-hybridized carbons (Fsp3) is 0. The smallest absolute Gasteiger partial charge is 0.0843 e. The summed E-state index contributed by atoms with van der Waals surface area (Å²) in [5.74, 6) is 0. The Morgan fingerprint density at radius 3 is 2.09 bits per heavy atom. The molecule has 0 aromatic heterocycles. The van der Waals surface area contributed by atoms with Gasteiger partial charge in [-0.15, -0.1) is 0 Å². The van der Waals surface area contributed by atoms with Crippen LogP contribution in [-0.4, -0.2) is 0 Å². The first-order valence-corrected chi connectivity index (χ1v) is 4.10. The van der Waals surface area contributed by atoms with Crippen molar-refractivity contribution < 1.29 is 0 Å². The van der Waals surface area contributed by atoms with E-state index in [4.69, 9.17) is 34.8 Å². The van der Waals surface area contributed by atoms with Crippen LogP contribution in [0.15, 0.2) is 28.8 Å². The standard InChI is InChI=1S/C8H5Cl3/c9-7-3-1-6(2-4-7)5-8(10)11/h1-5H. The van der Waals surface area contributed by atoms with Gasteiger partial charge < -0.3 is 0 Å². The number of hydrogen-bond acceptors (Lipinski definition) is 0. The molecule has 0 amide bonds. The van der Waals surface area contributed by atoms with Gasteiger partial charge in [-0.1, -0.05) is 46.9 Å². The summed E-state index contributed by atoms with van der Waals surface area (Å²) in [6.45, 7) is 0. The molecule has 1 aromatic rings. The minimum Gasteiger partial charge on any atom is -0.0843 e. The van der Waals surface area contributed by atoms with E-state index in [2.05, 4.69) is 0 Å². The monoisotopic (exact) mass is 206 g/mol. The topological polar surface area (TPSA) is 0 Å². The molecule has 0 saturated heterocycles. The maximum Gasteiger partial charge on any atom is 0.107 e. The highest BCUT2D eigenvalue weighted by atomic mass is 35.5. The number of hydrogen-bond donors (Lipinski definition) is 0. The van der Waals surface area contributed by atoms with Crippen LogP contribution in [0.2, 0.25) is 5.02 Å². The van der Waals surface area contributed by atoms with Gasteiger partial charge in [-0.3, -0.25) is 0 Å². The van der Waals surface area contributed by atoms with Crippen LogP contribution < -0.4 is 0 Å². The Balaban J connectivity index is 2.91. The summed E-state index contributed by atoms with van der Waals surface area (Å²) in [5.41, 5.74) is 0.939. The van der Waals surface area contributed by atoms with Crippen LogP contribution in [0.3, 0.4) is 0 Å². The summed E-state index contributed by atoms with van der Waals surface area (Å²) in [4.78, 5) is 0. The van der Waals surface area contributed by atoms with Gasteiger partial charge in [0.25, 0.3) is 0 Å². The fourth-order valence-corrected chi connectivity index (χ4v) is 1.06. The van der Waals surface area contributed by atoms with Gasteiger partial charge in [0.1, 0.15) is 4.49 Å². The van der Waals surface area contributed by atoms with Crippen LogP contribution in [0, 0.1) is 0 Å². The average molecular weight is 207 g/mol. The Morgan fingerprint density at radius 1 is 1.09 bits per heavy atom. The van der Waals surface area contributed by atoms with Gasteiger partial charge in [-0.25, -0.2) is 0 Å². The second kappa shape index (κ2) is 4.01. The van der Waals surface area contributed by atoms with E-state index in [1.165, 1.54) is 0 Å². The molecular weight excluding hydrogens is 202 g/mol. The van der Waals surface area contributed by atoms with Crippen molar-refractivity contribution in [1.82, 2.24) is 0 Å². The molecule has 0 bridgehead atoms. The second-order valence-electron chi connectivity index (χ2n) is 1.99. The highest BCUT2D eigenvalue weighted by molar-refractivity contribution is 6.57. The lowest BCUT2D eigenvalue weighted by Gasteiger charge is -1.92. The van der Waals surface area contributed by atoms with Gasteiger partial charge in [0.2, 0.25) is 0 Å². The van der Waals surface area contributed by atoms with Crippen molar-refractivity contribution in [2.24, 2.45) is 0 Å². The molecule has 0 atom stereocenters. The zero-order valence-corrected chi connectivity index (χ0v) is 7.79. The summed E-state index contributed by atoms with van der Waals surface area (Å²) in [6, 6.07) is 7.24. The van der Waals surface area contributed by atoms with Crippen LogP contribution in [0.25, 0.3) is 6.08 Å². The number of rotatable bonds is 1. The lowest BCUT2D eigenvalue weighted by atomic mass is 10.2. The molecule has 0 unspecified atom stereocenters. The van der Waals surface area contributed by atoms with E-state index in [0.29, 0.717) is 5.02 Å². The summed E-state index contributed by atoms with van der Waals surface area (Å²) in [5, 5.41) is 0.702. The lowest BCUT2D eigenvalue weighted by molar-refractivity contribution is 1.66. The van der Waals surface area contributed by atoms with Gasteiger partial charge in [0.15, 0.2) is 0 Å². The predicted octanol–water partition coefficient (Wildman–Crippen LogP) is 4.12. The molecule has 0 heterocycles. The molecule has 1 rings (SSSR count). The zero-order chi connectivity index (χ0) is 8.27. The van der Waals surface area contributed by atoms with E-state index in [1.54, 1.807) is 18.2 Å². The average Bonchev–Trinajstić information content (AvgIpc) is 1.93. The van der Waals surface area contributed by atoms with E-state index in [-0.39, 0.29) is 4.49 Å². The molecule has 0 saturated carbocycles. The van der Waals surface area contributed by atoms with Crippen molar-refractivity contribution in [1.29, 1.82) is 0 Å². The highest BCUT2D eigenvalue weighted by Crippen LogP contribution is 2.15. The second-order valence-corrected chi connectivity index (χ2v) is 3.43. The first-order valence-electron chi connectivity index (χ1n) is 2.97. The third-order valence-electron chi connectivity index (χ3n) is 1.15. The summed E-state index contributed by atoms with van der Waals surface area (Å²) in [7, 11) is 0. The number of benzene rings is 1. The van der Waals surface area contributed by atoms with E-state index in [1.807, 2.05) is 12.1 Å². The van der Waals surface area contributed by atoms with E-state index < -0.39 is 0 Å². The van der Waals surface area contributed by atoms with Crippen molar-refractivity contribution in [2.75, 3.05) is 0 Å². The molecular formula is C8H5Cl3. The highest BCUT2D eigenvalue weighted by Gasteiger charge is 1.89. The SMILES string of the molecule is ClC(Cl)=Cc1ccc(Cl)cc1. The van der Waals surface area contributed by atoms with E-state index >= 15 is 0 Å². The van der Waals surface area contributed by atoms with Crippen LogP contribution in [-0.2, 0) is 0 Å². The van der Waals surface area contributed by atoms with Crippen molar-refractivity contribution in [3.8, 4) is 0 Å². The minimum absolute atomic E-state index is 0.243. The Kier molecular flexibility index (Phi) is 3.25. The Bertz CT molecular complexity index is 257. The van der Waals surface area contributed by atoms with E-state index in [0.717, 1.165) is 5.56 Å².